The molecule has 0 bridgehead atoms. The summed E-state index contributed by atoms with van der Waals surface area (Å²) in [5, 5.41) is 7.32. The van der Waals surface area contributed by atoms with Crippen molar-refractivity contribution in [2.45, 2.75) is 20.8 Å². The van der Waals surface area contributed by atoms with Crippen molar-refractivity contribution in [3.63, 3.8) is 0 Å². The second-order valence-electron chi connectivity index (χ2n) is 1.71. The highest BCUT2D eigenvalue weighted by Crippen LogP contribution is 1.73. The predicted molar refractivity (Wildman–Crippen MR) is 40.1 cm³/mol. The molecule has 0 rings (SSSR count). The lowest BCUT2D eigenvalue weighted by molar-refractivity contribution is 0.373. The van der Waals surface area contributed by atoms with Gasteiger partial charge >= 0.3 is 0 Å². The maximum absolute atomic E-state index is 7.32. The van der Waals surface area contributed by atoms with E-state index in [1.54, 1.807) is 6.07 Å². The van der Waals surface area contributed by atoms with Crippen LogP contribution in [0, 0.1) is 11.3 Å². The van der Waals surface area contributed by atoms with Crippen molar-refractivity contribution in [2.24, 2.45) is 0 Å². The summed E-state index contributed by atoms with van der Waals surface area (Å²) in [6.07, 6.45) is 0. The van der Waals surface area contributed by atoms with Crippen LogP contribution in [0.1, 0.15) is 20.8 Å². The molecule has 0 saturated carbocycles. The molecule has 0 unspecified atom stereocenters. The molecule has 0 fully saturated rings. The van der Waals surface area contributed by atoms with E-state index < -0.39 is 0 Å². The Morgan fingerprint density at radius 2 is 1.56 bits per heavy atom. The molecular formula is C7H16N2. The van der Waals surface area contributed by atoms with Crippen LogP contribution in [-0.4, -0.2) is 25.0 Å². The van der Waals surface area contributed by atoms with Gasteiger partial charge in [-0.1, -0.05) is 13.8 Å². The maximum atomic E-state index is 7.32. The van der Waals surface area contributed by atoms with Crippen LogP contribution in [-0.2, 0) is 0 Å². The Morgan fingerprint density at radius 3 is 1.56 bits per heavy atom. The molecule has 0 radical (unpaired) electrons. The van der Waals surface area contributed by atoms with E-state index in [0.717, 1.165) is 13.1 Å². The molecular weight excluding hydrogens is 112 g/mol. The first-order chi connectivity index (χ1) is 4.22. The van der Waals surface area contributed by atoms with Crippen molar-refractivity contribution >= 4 is 0 Å². The third-order valence-corrected chi connectivity index (χ3v) is 1.08. The van der Waals surface area contributed by atoms with Gasteiger partial charge in [-0.25, -0.2) is 0 Å². The topological polar surface area (TPSA) is 27.0 Å². The first kappa shape index (κ1) is 11.3. The van der Waals surface area contributed by atoms with Crippen LogP contribution in [0.3, 0.4) is 0 Å². The predicted octanol–water partition coefficient (Wildman–Crippen LogP) is 1.49. The van der Waals surface area contributed by atoms with Crippen LogP contribution >= 0.6 is 0 Å². The molecule has 0 aromatic carbocycles. The zero-order valence-electron chi connectivity index (χ0n) is 6.81. The van der Waals surface area contributed by atoms with Crippen LogP contribution in [0.4, 0.5) is 0 Å². The third kappa shape index (κ3) is 18.6. The molecule has 0 aromatic heterocycles. The number of rotatable bonds is 2. The van der Waals surface area contributed by atoms with Crippen molar-refractivity contribution < 1.29 is 0 Å². The summed E-state index contributed by atoms with van der Waals surface area (Å²) in [5.74, 6) is 0. The number of hydrogen-bond acceptors (Lipinski definition) is 2. The SMILES string of the molecule is CC#N.CCN(C)CC. The first-order valence-electron chi connectivity index (χ1n) is 3.22. The number of nitrogens with zero attached hydrogens (tertiary/aromatic N) is 2. The summed E-state index contributed by atoms with van der Waals surface area (Å²) in [6.45, 7) is 8.07. The Balaban J connectivity index is 0. The van der Waals surface area contributed by atoms with Gasteiger partial charge in [-0.15, -0.1) is 0 Å². The van der Waals surface area contributed by atoms with E-state index in [0.29, 0.717) is 0 Å². The maximum Gasteiger partial charge on any atom is 0.0587 e. The highest BCUT2D eigenvalue weighted by atomic mass is 15.1. The summed E-state index contributed by atoms with van der Waals surface area (Å²) >= 11 is 0. The minimum absolute atomic E-state index is 1.16. The molecule has 0 aliphatic carbocycles. The Kier molecular flexibility index (Phi) is 13.1. The van der Waals surface area contributed by atoms with Gasteiger partial charge in [0.05, 0.1) is 6.07 Å². The second-order valence-corrected chi connectivity index (χ2v) is 1.71. The standard InChI is InChI=1S/C5H13N.C2H3N/c1-4-6(3)5-2;1-2-3/h4-5H2,1-3H3;1H3. The van der Waals surface area contributed by atoms with Gasteiger partial charge in [-0.05, 0) is 20.1 Å². The molecule has 2 nitrogen and oxygen atoms in total. The molecule has 0 aromatic rings. The molecule has 0 heterocycles. The number of hydrogen-bond donors (Lipinski definition) is 0. The van der Waals surface area contributed by atoms with Crippen LogP contribution in [0.15, 0.2) is 0 Å². The van der Waals surface area contributed by atoms with Gasteiger partial charge in [0.25, 0.3) is 0 Å². The summed E-state index contributed by atoms with van der Waals surface area (Å²) in [6, 6.07) is 1.75. The van der Waals surface area contributed by atoms with Crippen molar-refractivity contribution in [3.05, 3.63) is 0 Å². The molecule has 0 N–H and O–H groups in total. The lowest BCUT2D eigenvalue weighted by atomic mass is 10.6. The molecule has 0 amide bonds. The van der Waals surface area contributed by atoms with E-state index in [-0.39, 0.29) is 0 Å². The van der Waals surface area contributed by atoms with Gasteiger partial charge < -0.3 is 4.90 Å². The Hall–Kier alpha value is -0.550. The van der Waals surface area contributed by atoms with E-state index in [2.05, 4.69) is 25.8 Å². The third-order valence-electron chi connectivity index (χ3n) is 1.08. The molecule has 0 saturated heterocycles. The monoisotopic (exact) mass is 128 g/mol. The first-order valence-corrected chi connectivity index (χ1v) is 3.22. The summed E-state index contributed by atoms with van der Waals surface area (Å²) < 4.78 is 0. The molecule has 9 heavy (non-hydrogen) atoms. The minimum Gasteiger partial charge on any atom is -0.307 e. The van der Waals surface area contributed by atoms with E-state index in [1.165, 1.54) is 6.92 Å². The van der Waals surface area contributed by atoms with E-state index in [9.17, 15) is 0 Å². The summed E-state index contributed by atoms with van der Waals surface area (Å²) in [5.41, 5.74) is 0. The fraction of sp³-hybridized carbons (Fsp3) is 0.857. The van der Waals surface area contributed by atoms with E-state index in [1.807, 2.05) is 0 Å². The molecule has 0 aliphatic rings. The quantitative estimate of drug-likeness (QED) is 0.563. The zero-order chi connectivity index (χ0) is 7.70. The van der Waals surface area contributed by atoms with E-state index in [4.69, 9.17) is 5.26 Å². The van der Waals surface area contributed by atoms with Crippen molar-refractivity contribution in [3.8, 4) is 6.07 Å². The highest BCUT2D eigenvalue weighted by Gasteiger charge is 1.81. The summed E-state index contributed by atoms with van der Waals surface area (Å²) in [7, 11) is 2.11. The zero-order valence-corrected chi connectivity index (χ0v) is 6.81. The second kappa shape index (κ2) is 10.4. The lowest BCUT2D eigenvalue weighted by Crippen LogP contribution is -2.15. The van der Waals surface area contributed by atoms with Gasteiger partial charge in [0.1, 0.15) is 0 Å². The van der Waals surface area contributed by atoms with Crippen LogP contribution in [0.25, 0.3) is 0 Å². The Morgan fingerprint density at radius 1 is 1.33 bits per heavy atom. The largest absolute Gasteiger partial charge is 0.307 e. The molecule has 0 atom stereocenters. The smallest absolute Gasteiger partial charge is 0.0587 e. The van der Waals surface area contributed by atoms with Crippen molar-refractivity contribution in [1.29, 1.82) is 5.26 Å². The normalized spacial score (nSPS) is 7.56. The van der Waals surface area contributed by atoms with Gasteiger partial charge in [0, 0.05) is 6.92 Å². The lowest BCUT2D eigenvalue weighted by Gasteiger charge is -2.07. The summed E-state index contributed by atoms with van der Waals surface area (Å²) in [4.78, 5) is 2.25. The van der Waals surface area contributed by atoms with Crippen LogP contribution in [0.5, 0.6) is 0 Å². The van der Waals surface area contributed by atoms with Gasteiger partial charge in [-0.3, -0.25) is 0 Å². The molecule has 54 valence electrons. The minimum atomic E-state index is 1.16. The Bertz CT molecular complexity index is 69.5. The van der Waals surface area contributed by atoms with Crippen LogP contribution < -0.4 is 0 Å². The average Bonchev–Trinajstić information content (AvgIpc) is 1.88. The highest BCUT2D eigenvalue weighted by molar-refractivity contribution is 4.51. The van der Waals surface area contributed by atoms with Gasteiger partial charge in [0.2, 0.25) is 0 Å². The fourth-order valence-electron chi connectivity index (χ4n) is 0.224. The van der Waals surface area contributed by atoms with E-state index >= 15 is 0 Å². The van der Waals surface area contributed by atoms with Gasteiger partial charge in [-0.2, -0.15) is 5.26 Å². The van der Waals surface area contributed by atoms with Crippen molar-refractivity contribution in [1.82, 2.24) is 4.90 Å². The molecule has 2 heteroatoms. The molecule has 0 spiro atoms. The number of nitriles is 1. The van der Waals surface area contributed by atoms with Gasteiger partial charge in [0.15, 0.2) is 0 Å². The fourth-order valence-corrected chi connectivity index (χ4v) is 0.224. The van der Waals surface area contributed by atoms with Crippen LogP contribution in [0.2, 0.25) is 0 Å². The average molecular weight is 128 g/mol. The molecule has 0 aliphatic heterocycles. The van der Waals surface area contributed by atoms with Crippen molar-refractivity contribution in [2.75, 3.05) is 20.1 Å². The Labute approximate surface area is 58.1 Å².